The molecule has 0 aliphatic carbocycles. The normalized spacial score (nSPS) is 10.7. The number of nitrogens with zero attached hydrogens (tertiary/aromatic N) is 2. The zero-order valence-corrected chi connectivity index (χ0v) is 9.43. The Hall–Kier alpha value is -0.540. The molecule has 0 saturated heterocycles. The van der Waals surface area contributed by atoms with E-state index in [-0.39, 0.29) is 0 Å². The van der Waals surface area contributed by atoms with Crippen LogP contribution in [0.2, 0.25) is 0 Å². The van der Waals surface area contributed by atoms with Crippen molar-refractivity contribution in [3.8, 4) is 0 Å². The SMILES string of the molecule is Cn1nccc1CCNCCCCCl. The largest absolute Gasteiger partial charge is 0.316 e. The first-order valence-electron chi connectivity index (χ1n) is 5.08. The Morgan fingerprint density at radius 3 is 2.93 bits per heavy atom. The molecule has 3 nitrogen and oxygen atoms in total. The standard InChI is InChI=1S/C10H18ClN3/c1-14-10(5-9-13-14)4-8-12-7-3-2-6-11/h5,9,12H,2-4,6-8H2,1H3. The molecule has 0 amide bonds. The van der Waals surface area contributed by atoms with Crippen molar-refractivity contribution in [2.24, 2.45) is 7.05 Å². The Balaban J connectivity index is 2.02. The highest BCUT2D eigenvalue weighted by Gasteiger charge is 1.96. The monoisotopic (exact) mass is 215 g/mol. The number of halogens is 1. The number of aromatic nitrogens is 2. The molecule has 80 valence electrons. The summed E-state index contributed by atoms with van der Waals surface area (Å²) in [6.07, 6.45) is 5.13. The lowest BCUT2D eigenvalue weighted by molar-refractivity contribution is 0.618. The van der Waals surface area contributed by atoms with Gasteiger partial charge in [-0.2, -0.15) is 5.10 Å². The molecular formula is C10H18ClN3. The Morgan fingerprint density at radius 2 is 2.29 bits per heavy atom. The summed E-state index contributed by atoms with van der Waals surface area (Å²) < 4.78 is 1.92. The lowest BCUT2D eigenvalue weighted by Crippen LogP contribution is -2.19. The third-order valence-corrected chi connectivity index (χ3v) is 2.48. The van der Waals surface area contributed by atoms with Crippen molar-refractivity contribution in [1.29, 1.82) is 0 Å². The van der Waals surface area contributed by atoms with Gasteiger partial charge in [0.15, 0.2) is 0 Å². The average molecular weight is 216 g/mol. The van der Waals surface area contributed by atoms with Crippen LogP contribution in [0.5, 0.6) is 0 Å². The second kappa shape index (κ2) is 6.85. The molecule has 14 heavy (non-hydrogen) atoms. The molecule has 0 spiro atoms. The van der Waals surface area contributed by atoms with Crippen molar-refractivity contribution in [3.63, 3.8) is 0 Å². The molecule has 1 heterocycles. The van der Waals surface area contributed by atoms with E-state index in [1.54, 1.807) is 0 Å². The van der Waals surface area contributed by atoms with Crippen LogP contribution in [0.1, 0.15) is 18.5 Å². The van der Waals surface area contributed by atoms with Crippen molar-refractivity contribution in [2.45, 2.75) is 19.3 Å². The van der Waals surface area contributed by atoms with Gasteiger partial charge in [-0.1, -0.05) is 0 Å². The van der Waals surface area contributed by atoms with Gasteiger partial charge in [0, 0.05) is 37.8 Å². The van der Waals surface area contributed by atoms with Crippen molar-refractivity contribution in [3.05, 3.63) is 18.0 Å². The van der Waals surface area contributed by atoms with Crippen LogP contribution in [0.3, 0.4) is 0 Å². The van der Waals surface area contributed by atoms with E-state index in [0.717, 1.165) is 38.2 Å². The lowest BCUT2D eigenvalue weighted by atomic mass is 10.3. The van der Waals surface area contributed by atoms with Gasteiger partial charge in [-0.25, -0.2) is 0 Å². The van der Waals surface area contributed by atoms with E-state index in [4.69, 9.17) is 11.6 Å². The highest BCUT2D eigenvalue weighted by Crippen LogP contribution is 1.96. The number of rotatable bonds is 7. The Labute approximate surface area is 90.4 Å². The molecule has 0 bridgehead atoms. The quantitative estimate of drug-likeness (QED) is 0.553. The highest BCUT2D eigenvalue weighted by molar-refractivity contribution is 6.17. The third-order valence-electron chi connectivity index (χ3n) is 2.22. The fourth-order valence-corrected chi connectivity index (χ4v) is 1.52. The molecule has 0 unspecified atom stereocenters. The molecule has 0 aromatic carbocycles. The minimum atomic E-state index is 0.767. The summed E-state index contributed by atoms with van der Waals surface area (Å²) in [4.78, 5) is 0. The molecule has 0 saturated carbocycles. The van der Waals surface area contributed by atoms with Gasteiger partial charge in [0.1, 0.15) is 0 Å². The number of aryl methyl sites for hydroxylation is 1. The number of alkyl halides is 1. The molecule has 1 aromatic rings. The lowest BCUT2D eigenvalue weighted by Gasteiger charge is -2.04. The molecule has 0 radical (unpaired) electrons. The summed E-state index contributed by atoms with van der Waals surface area (Å²) in [5.41, 5.74) is 1.27. The molecular weight excluding hydrogens is 198 g/mol. The topological polar surface area (TPSA) is 29.9 Å². The average Bonchev–Trinajstić information content (AvgIpc) is 2.58. The molecule has 1 N–H and O–H groups in total. The molecule has 4 heteroatoms. The van der Waals surface area contributed by atoms with Gasteiger partial charge >= 0.3 is 0 Å². The van der Waals surface area contributed by atoms with Gasteiger partial charge in [-0.15, -0.1) is 11.6 Å². The van der Waals surface area contributed by atoms with E-state index in [9.17, 15) is 0 Å². The van der Waals surface area contributed by atoms with Gasteiger partial charge in [0.05, 0.1) is 0 Å². The Morgan fingerprint density at radius 1 is 1.43 bits per heavy atom. The van der Waals surface area contributed by atoms with Crippen LogP contribution in [0, 0.1) is 0 Å². The van der Waals surface area contributed by atoms with Crippen LogP contribution in [0.25, 0.3) is 0 Å². The Bertz CT molecular complexity index is 247. The van der Waals surface area contributed by atoms with Crippen molar-refractivity contribution >= 4 is 11.6 Å². The molecule has 1 rings (SSSR count). The summed E-state index contributed by atoms with van der Waals surface area (Å²) >= 11 is 5.58. The predicted octanol–water partition coefficient (Wildman–Crippen LogP) is 1.57. The molecule has 1 aromatic heterocycles. The van der Waals surface area contributed by atoms with E-state index in [1.165, 1.54) is 5.69 Å². The van der Waals surface area contributed by atoms with Crippen molar-refractivity contribution in [1.82, 2.24) is 15.1 Å². The maximum Gasteiger partial charge on any atom is 0.0492 e. The van der Waals surface area contributed by atoms with Crippen LogP contribution in [0.4, 0.5) is 0 Å². The summed E-state index contributed by atoms with van der Waals surface area (Å²) in [6, 6.07) is 2.06. The number of hydrogen-bond acceptors (Lipinski definition) is 2. The van der Waals surface area contributed by atoms with Crippen LogP contribution in [0.15, 0.2) is 12.3 Å². The molecule has 0 aliphatic rings. The highest BCUT2D eigenvalue weighted by atomic mass is 35.5. The van der Waals surface area contributed by atoms with E-state index in [2.05, 4.69) is 16.5 Å². The third kappa shape index (κ3) is 4.11. The van der Waals surface area contributed by atoms with Crippen molar-refractivity contribution < 1.29 is 0 Å². The van der Waals surface area contributed by atoms with Crippen molar-refractivity contribution in [2.75, 3.05) is 19.0 Å². The van der Waals surface area contributed by atoms with E-state index in [1.807, 2.05) is 17.9 Å². The number of unbranched alkanes of at least 4 members (excludes halogenated alkanes) is 1. The summed E-state index contributed by atoms with van der Waals surface area (Å²) in [5, 5.41) is 7.50. The predicted molar refractivity (Wildman–Crippen MR) is 59.7 cm³/mol. The second-order valence-corrected chi connectivity index (χ2v) is 3.72. The minimum absolute atomic E-state index is 0.767. The first-order valence-corrected chi connectivity index (χ1v) is 5.61. The molecule has 0 fully saturated rings. The van der Waals surface area contributed by atoms with Crippen LogP contribution < -0.4 is 5.32 Å². The van der Waals surface area contributed by atoms with Crippen LogP contribution >= 0.6 is 11.6 Å². The summed E-state index contributed by atoms with van der Waals surface area (Å²) in [7, 11) is 1.98. The Kier molecular flexibility index (Phi) is 5.64. The van der Waals surface area contributed by atoms with Crippen LogP contribution in [-0.4, -0.2) is 28.8 Å². The van der Waals surface area contributed by atoms with E-state index >= 15 is 0 Å². The maximum absolute atomic E-state index is 5.58. The molecule has 0 atom stereocenters. The second-order valence-electron chi connectivity index (χ2n) is 3.34. The zero-order chi connectivity index (χ0) is 10.2. The van der Waals surface area contributed by atoms with Gasteiger partial charge in [0.2, 0.25) is 0 Å². The van der Waals surface area contributed by atoms with E-state index < -0.39 is 0 Å². The smallest absolute Gasteiger partial charge is 0.0492 e. The fraction of sp³-hybridized carbons (Fsp3) is 0.700. The first-order chi connectivity index (χ1) is 6.84. The zero-order valence-electron chi connectivity index (χ0n) is 8.67. The minimum Gasteiger partial charge on any atom is -0.316 e. The summed E-state index contributed by atoms with van der Waals surface area (Å²) in [6.45, 7) is 2.08. The van der Waals surface area contributed by atoms with Crippen LogP contribution in [-0.2, 0) is 13.5 Å². The number of hydrogen-bond donors (Lipinski definition) is 1. The fourth-order valence-electron chi connectivity index (χ4n) is 1.33. The van der Waals surface area contributed by atoms with Gasteiger partial charge in [-0.05, 0) is 25.5 Å². The summed E-state index contributed by atoms with van der Waals surface area (Å²) in [5.74, 6) is 0.767. The maximum atomic E-state index is 5.58. The van der Waals surface area contributed by atoms with Gasteiger partial charge in [-0.3, -0.25) is 4.68 Å². The molecule has 0 aliphatic heterocycles. The van der Waals surface area contributed by atoms with Gasteiger partial charge < -0.3 is 5.32 Å². The number of nitrogens with one attached hydrogen (secondary N) is 1. The van der Waals surface area contributed by atoms with Gasteiger partial charge in [0.25, 0.3) is 0 Å². The first kappa shape index (κ1) is 11.5. The van der Waals surface area contributed by atoms with E-state index in [0.29, 0.717) is 0 Å².